The molecule has 0 bridgehead atoms. The monoisotopic (exact) mass is 436 g/mol. The van der Waals surface area contributed by atoms with Crippen LogP contribution in [0.5, 0.6) is 5.75 Å². The second kappa shape index (κ2) is 9.94. The maximum absolute atomic E-state index is 13.1. The van der Waals surface area contributed by atoms with Gasteiger partial charge in [-0.25, -0.2) is 0 Å². The summed E-state index contributed by atoms with van der Waals surface area (Å²) in [7, 11) is 3.96. The lowest BCUT2D eigenvalue weighted by Gasteiger charge is -2.22. The minimum Gasteiger partial charge on any atom is -0.485 e. The van der Waals surface area contributed by atoms with Gasteiger partial charge in [-0.05, 0) is 48.8 Å². The average molecular weight is 437 g/mol. The van der Waals surface area contributed by atoms with E-state index in [-0.39, 0.29) is 12.0 Å². The van der Waals surface area contributed by atoms with Crippen LogP contribution in [-0.2, 0) is 6.54 Å². The highest BCUT2D eigenvalue weighted by Crippen LogP contribution is 2.29. The maximum Gasteiger partial charge on any atom is 0.256 e. The van der Waals surface area contributed by atoms with Gasteiger partial charge in [0.25, 0.3) is 5.91 Å². The first-order valence-electron chi connectivity index (χ1n) is 10.5. The Hall–Kier alpha value is -2.90. The first-order chi connectivity index (χ1) is 15.2. The van der Waals surface area contributed by atoms with Gasteiger partial charge in [-0.3, -0.25) is 9.78 Å². The fraction of sp³-hybridized carbons (Fsp3) is 0.333. The number of carbonyl (C=O) groups excluding carboxylic acids is 1. The number of amides is 1. The summed E-state index contributed by atoms with van der Waals surface area (Å²) in [5, 5.41) is 5.28. The van der Waals surface area contributed by atoms with Crippen LogP contribution in [0.15, 0.2) is 60.2 Å². The van der Waals surface area contributed by atoms with Crippen molar-refractivity contribution < 1.29 is 9.53 Å². The molecule has 7 heteroatoms. The van der Waals surface area contributed by atoms with Gasteiger partial charge < -0.3 is 19.9 Å². The number of rotatable bonds is 8. The Labute approximate surface area is 187 Å². The van der Waals surface area contributed by atoms with Crippen LogP contribution in [0.1, 0.15) is 33.3 Å². The summed E-state index contributed by atoms with van der Waals surface area (Å²) in [5.41, 5.74) is 2.68. The van der Waals surface area contributed by atoms with Crippen LogP contribution < -0.4 is 15.0 Å². The van der Waals surface area contributed by atoms with Crippen molar-refractivity contribution >= 4 is 22.9 Å². The molecule has 1 aliphatic rings. The third-order valence-corrected chi connectivity index (χ3v) is 6.49. The van der Waals surface area contributed by atoms with Gasteiger partial charge in [-0.2, -0.15) is 0 Å². The van der Waals surface area contributed by atoms with Crippen LogP contribution in [0.3, 0.4) is 0 Å². The molecule has 0 radical (unpaired) electrons. The van der Waals surface area contributed by atoms with Crippen molar-refractivity contribution in [2.24, 2.45) is 0 Å². The Morgan fingerprint density at radius 3 is 2.77 bits per heavy atom. The van der Waals surface area contributed by atoms with Crippen molar-refractivity contribution in [1.29, 1.82) is 0 Å². The summed E-state index contributed by atoms with van der Waals surface area (Å²) in [5.74, 6) is 0.892. The minimum atomic E-state index is 0.0335. The first kappa shape index (κ1) is 21.3. The number of carbonyl (C=O) groups is 1. The van der Waals surface area contributed by atoms with Gasteiger partial charge in [-0.1, -0.05) is 18.2 Å². The topological polar surface area (TPSA) is 57.7 Å². The van der Waals surface area contributed by atoms with Crippen molar-refractivity contribution in [2.75, 3.05) is 38.6 Å². The summed E-state index contributed by atoms with van der Waals surface area (Å²) in [6.45, 7) is 2.91. The second-order valence-corrected chi connectivity index (χ2v) is 8.68. The van der Waals surface area contributed by atoms with Gasteiger partial charge in [0.1, 0.15) is 11.9 Å². The highest BCUT2D eigenvalue weighted by Gasteiger charge is 2.25. The molecule has 162 valence electrons. The standard InChI is InChI=1S/C24H28N4O2S/c1-25-11-10-22(23-4-3-15-31-23)30-19-7-5-18(6-8-19)17-28-14-13-27(2)21-16-26-12-9-20(21)24(28)29/h3-9,12,15-16,22,25H,10-11,13-14,17H2,1-2H3. The number of thiophene rings is 1. The van der Waals surface area contributed by atoms with Crippen LogP contribution in [0, 0.1) is 0 Å². The van der Waals surface area contributed by atoms with Crippen molar-refractivity contribution in [3.63, 3.8) is 0 Å². The van der Waals surface area contributed by atoms with Crippen LogP contribution in [-0.4, -0.2) is 49.5 Å². The zero-order chi connectivity index (χ0) is 21.6. The number of nitrogens with one attached hydrogen (secondary N) is 1. The van der Waals surface area contributed by atoms with E-state index < -0.39 is 0 Å². The van der Waals surface area contributed by atoms with E-state index >= 15 is 0 Å². The molecule has 6 nitrogen and oxygen atoms in total. The molecule has 0 aliphatic carbocycles. The summed E-state index contributed by atoms with van der Waals surface area (Å²) in [6.07, 6.45) is 4.38. The molecule has 31 heavy (non-hydrogen) atoms. The number of likely N-dealkylation sites (N-methyl/N-ethyl adjacent to an activating group) is 1. The Morgan fingerprint density at radius 1 is 1.19 bits per heavy atom. The zero-order valence-electron chi connectivity index (χ0n) is 18.0. The van der Waals surface area contributed by atoms with Crippen molar-refractivity contribution in [3.8, 4) is 5.75 Å². The van der Waals surface area contributed by atoms with E-state index in [1.165, 1.54) is 4.88 Å². The summed E-state index contributed by atoms with van der Waals surface area (Å²) in [4.78, 5) is 22.5. The number of pyridine rings is 1. The number of hydrogen-bond acceptors (Lipinski definition) is 6. The van der Waals surface area contributed by atoms with Gasteiger partial charge in [0, 0.05) is 44.2 Å². The first-order valence-corrected chi connectivity index (χ1v) is 11.4. The molecule has 4 rings (SSSR count). The molecule has 1 aromatic carbocycles. The fourth-order valence-corrected chi connectivity index (χ4v) is 4.54. The molecule has 1 amide bonds. The number of fused-ring (bicyclic) bond motifs is 1. The summed E-state index contributed by atoms with van der Waals surface area (Å²) < 4.78 is 6.28. The molecule has 0 spiro atoms. The highest BCUT2D eigenvalue weighted by atomic mass is 32.1. The normalized spacial score (nSPS) is 14.8. The number of aromatic nitrogens is 1. The highest BCUT2D eigenvalue weighted by molar-refractivity contribution is 7.10. The minimum absolute atomic E-state index is 0.0335. The lowest BCUT2D eigenvalue weighted by molar-refractivity contribution is 0.0755. The van der Waals surface area contributed by atoms with E-state index in [0.29, 0.717) is 18.7 Å². The number of ether oxygens (including phenoxy) is 1. The molecule has 1 unspecified atom stereocenters. The van der Waals surface area contributed by atoms with E-state index in [4.69, 9.17) is 4.74 Å². The maximum atomic E-state index is 13.1. The molecule has 3 heterocycles. The Morgan fingerprint density at radius 2 is 2.03 bits per heavy atom. The lowest BCUT2D eigenvalue weighted by Crippen LogP contribution is -2.33. The van der Waals surface area contributed by atoms with Crippen molar-refractivity contribution in [3.05, 3.63) is 76.2 Å². The molecule has 0 fully saturated rings. The molecule has 1 N–H and O–H groups in total. The number of hydrogen-bond donors (Lipinski definition) is 1. The third kappa shape index (κ3) is 5.06. The van der Waals surface area contributed by atoms with Gasteiger partial charge >= 0.3 is 0 Å². The number of benzene rings is 1. The van der Waals surface area contributed by atoms with Gasteiger partial charge in [0.15, 0.2) is 0 Å². The Balaban J connectivity index is 1.44. The number of nitrogens with zero attached hydrogens (tertiary/aromatic N) is 3. The molecule has 1 atom stereocenters. The second-order valence-electron chi connectivity index (χ2n) is 7.70. The molecule has 2 aromatic heterocycles. The molecule has 0 saturated heterocycles. The molecular formula is C24H28N4O2S. The quantitative estimate of drug-likeness (QED) is 0.579. The van der Waals surface area contributed by atoms with Crippen LogP contribution in [0.4, 0.5) is 5.69 Å². The smallest absolute Gasteiger partial charge is 0.256 e. The van der Waals surface area contributed by atoms with E-state index in [2.05, 4.69) is 32.7 Å². The zero-order valence-corrected chi connectivity index (χ0v) is 18.8. The average Bonchev–Trinajstić information content (AvgIpc) is 3.31. The predicted octanol–water partition coefficient (Wildman–Crippen LogP) is 3.96. The van der Waals surface area contributed by atoms with E-state index in [1.807, 2.05) is 43.3 Å². The molecule has 1 aliphatic heterocycles. The van der Waals surface area contributed by atoms with Gasteiger partial charge in [-0.15, -0.1) is 11.3 Å². The SMILES string of the molecule is CNCCC(Oc1ccc(CN2CCN(C)c3cnccc3C2=O)cc1)c1cccs1. The Bertz CT molecular complexity index is 991. The van der Waals surface area contributed by atoms with E-state index in [0.717, 1.165) is 36.5 Å². The molecule has 0 saturated carbocycles. The van der Waals surface area contributed by atoms with Gasteiger partial charge in [0.2, 0.25) is 0 Å². The largest absolute Gasteiger partial charge is 0.485 e. The van der Waals surface area contributed by atoms with Gasteiger partial charge in [0.05, 0.1) is 17.4 Å². The lowest BCUT2D eigenvalue weighted by atomic mass is 10.1. The third-order valence-electron chi connectivity index (χ3n) is 5.53. The fourth-order valence-electron chi connectivity index (χ4n) is 3.75. The van der Waals surface area contributed by atoms with E-state index in [1.54, 1.807) is 29.8 Å². The van der Waals surface area contributed by atoms with Crippen LogP contribution >= 0.6 is 11.3 Å². The summed E-state index contributed by atoms with van der Waals surface area (Å²) >= 11 is 1.72. The molecular weight excluding hydrogens is 408 g/mol. The van der Waals surface area contributed by atoms with Crippen molar-refractivity contribution in [2.45, 2.75) is 19.1 Å². The van der Waals surface area contributed by atoms with Crippen LogP contribution in [0.25, 0.3) is 0 Å². The van der Waals surface area contributed by atoms with Crippen molar-refractivity contribution in [1.82, 2.24) is 15.2 Å². The number of anilines is 1. The van der Waals surface area contributed by atoms with E-state index in [9.17, 15) is 4.79 Å². The Kier molecular flexibility index (Phi) is 6.84. The predicted molar refractivity (Wildman–Crippen MR) is 125 cm³/mol. The summed E-state index contributed by atoms with van der Waals surface area (Å²) in [6, 6.07) is 14.1. The van der Waals surface area contributed by atoms with Crippen LogP contribution in [0.2, 0.25) is 0 Å². The molecule has 3 aromatic rings.